The van der Waals surface area contributed by atoms with E-state index in [4.69, 9.17) is 4.74 Å². The van der Waals surface area contributed by atoms with Gasteiger partial charge in [0.1, 0.15) is 5.78 Å². The van der Waals surface area contributed by atoms with E-state index < -0.39 is 0 Å². The molecule has 0 saturated heterocycles. The minimum absolute atomic E-state index is 0.219. The summed E-state index contributed by atoms with van der Waals surface area (Å²) in [5.41, 5.74) is 0. The van der Waals surface area contributed by atoms with Crippen LogP contribution < -0.4 is 0 Å². The quantitative estimate of drug-likeness (QED) is 0.550. The van der Waals surface area contributed by atoms with E-state index in [1.54, 1.807) is 6.92 Å². The van der Waals surface area contributed by atoms with Crippen LogP contribution in [0.4, 0.5) is 0 Å². The number of ketones is 1. The molecule has 0 unspecified atom stereocenters. The lowest BCUT2D eigenvalue weighted by Gasteiger charge is -2.28. The number of hydrogen-bond donors (Lipinski definition) is 0. The van der Waals surface area contributed by atoms with Crippen molar-refractivity contribution in [3.05, 3.63) is 0 Å². The number of Topliss-reactive ketones (excluding diaryl/α,β-unsaturated/α-hetero) is 1. The molecule has 1 rings (SSSR count). The van der Waals surface area contributed by atoms with Gasteiger partial charge in [-0.25, -0.2) is 0 Å². The van der Waals surface area contributed by atoms with Crippen LogP contribution in [0, 0.1) is 11.8 Å². The Bertz CT molecular complexity index is 304. The Hall–Kier alpha value is -0.860. The Kier molecular flexibility index (Phi) is 9.36. The fourth-order valence-corrected chi connectivity index (χ4v) is 3.27. The van der Waals surface area contributed by atoms with Crippen molar-refractivity contribution in [3.63, 3.8) is 0 Å². The largest absolute Gasteiger partial charge is 0.466 e. The molecule has 0 spiro atoms. The van der Waals surface area contributed by atoms with Crippen LogP contribution >= 0.6 is 0 Å². The van der Waals surface area contributed by atoms with Crippen molar-refractivity contribution in [3.8, 4) is 0 Å². The van der Waals surface area contributed by atoms with Gasteiger partial charge in [0.15, 0.2) is 0 Å². The van der Waals surface area contributed by atoms with E-state index in [1.807, 2.05) is 0 Å². The topological polar surface area (TPSA) is 43.4 Å². The van der Waals surface area contributed by atoms with Crippen molar-refractivity contribution in [2.24, 2.45) is 11.8 Å². The number of ether oxygens (including phenoxy) is 1. The maximum absolute atomic E-state index is 11.8. The van der Waals surface area contributed by atoms with Crippen LogP contribution in [0.15, 0.2) is 0 Å². The van der Waals surface area contributed by atoms with E-state index in [1.165, 1.54) is 44.9 Å². The highest BCUT2D eigenvalue weighted by Crippen LogP contribution is 2.34. The second-order valence-electron chi connectivity index (χ2n) is 6.41. The molecule has 0 bridgehead atoms. The number of carbonyl (C=O) groups excluding carboxylic acids is 2. The van der Waals surface area contributed by atoms with E-state index >= 15 is 0 Å². The lowest BCUT2D eigenvalue weighted by molar-refractivity contribution is -0.144. The van der Waals surface area contributed by atoms with Crippen molar-refractivity contribution in [1.82, 2.24) is 0 Å². The Morgan fingerprint density at radius 1 is 0.905 bits per heavy atom. The normalized spacial score (nSPS) is 22.0. The van der Waals surface area contributed by atoms with Crippen LogP contribution in [0.25, 0.3) is 0 Å². The van der Waals surface area contributed by atoms with Crippen LogP contribution in [0.3, 0.4) is 0 Å². The molecule has 0 N–H and O–H groups in total. The summed E-state index contributed by atoms with van der Waals surface area (Å²) in [6.45, 7) is 4.44. The molecule has 0 heterocycles. The number of carbonyl (C=O) groups is 2. The molecule has 0 atom stereocenters. The SMILES string of the molecule is CCCCC1CCC(CCC(=O)CCC(=O)OCC)CC1. The van der Waals surface area contributed by atoms with Gasteiger partial charge in [0.2, 0.25) is 0 Å². The first-order valence-electron chi connectivity index (χ1n) is 8.83. The monoisotopic (exact) mass is 296 g/mol. The van der Waals surface area contributed by atoms with E-state index in [0.717, 1.165) is 18.3 Å². The fraction of sp³-hybridized carbons (Fsp3) is 0.889. The zero-order valence-corrected chi connectivity index (χ0v) is 13.9. The Morgan fingerprint density at radius 3 is 2.10 bits per heavy atom. The van der Waals surface area contributed by atoms with Crippen LogP contribution in [0.5, 0.6) is 0 Å². The summed E-state index contributed by atoms with van der Waals surface area (Å²) in [5, 5.41) is 0. The van der Waals surface area contributed by atoms with Gasteiger partial charge in [-0.05, 0) is 25.2 Å². The van der Waals surface area contributed by atoms with Crippen molar-refractivity contribution < 1.29 is 14.3 Å². The van der Waals surface area contributed by atoms with Crippen LogP contribution in [-0.2, 0) is 14.3 Å². The third-order valence-corrected chi connectivity index (χ3v) is 4.68. The molecule has 21 heavy (non-hydrogen) atoms. The first-order chi connectivity index (χ1) is 10.2. The molecular formula is C18H32O3. The van der Waals surface area contributed by atoms with Gasteiger partial charge in [0, 0.05) is 12.8 Å². The van der Waals surface area contributed by atoms with Gasteiger partial charge in [-0.3, -0.25) is 9.59 Å². The zero-order chi connectivity index (χ0) is 15.5. The summed E-state index contributed by atoms with van der Waals surface area (Å²) in [4.78, 5) is 23.0. The molecule has 0 aromatic heterocycles. The minimum Gasteiger partial charge on any atom is -0.466 e. The highest BCUT2D eigenvalue weighted by molar-refractivity contribution is 5.82. The maximum atomic E-state index is 11.8. The summed E-state index contributed by atoms with van der Waals surface area (Å²) in [5.74, 6) is 1.63. The molecule has 0 aromatic rings. The Labute approximate surface area is 129 Å². The second-order valence-corrected chi connectivity index (χ2v) is 6.41. The van der Waals surface area contributed by atoms with E-state index in [0.29, 0.717) is 19.4 Å². The highest BCUT2D eigenvalue weighted by Gasteiger charge is 2.21. The number of esters is 1. The molecule has 0 aromatic carbocycles. The summed E-state index contributed by atoms with van der Waals surface area (Å²) < 4.78 is 4.84. The van der Waals surface area contributed by atoms with Crippen LogP contribution in [0.1, 0.15) is 84.5 Å². The first-order valence-corrected chi connectivity index (χ1v) is 8.83. The maximum Gasteiger partial charge on any atom is 0.306 e. The molecule has 1 aliphatic rings. The van der Waals surface area contributed by atoms with Crippen LogP contribution in [-0.4, -0.2) is 18.4 Å². The lowest BCUT2D eigenvalue weighted by atomic mass is 9.78. The number of hydrogen-bond acceptors (Lipinski definition) is 3. The molecule has 0 radical (unpaired) electrons. The van der Waals surface area contributed by atoms with Gasteiger partial charge in [-0.1, -0.05) is 51.9 Å². The molecule has 0 amide bonds. The average molecular weight is 296 g/mol. The minimum atomic E-state index is -0.248. The molecule has 3 nitrogen and oxygen atoms in total. The second kappa shape index (κ2) is 10.8. The molecular weight excluding hydrogens is 264 g/mol. The van der Waals surface area contributed by atoms with Gasteiger partial charge >= 0.3 is 5.97 Å². The van der Waals surface area contributed by atoms with Crippen molar-refractivity contribution in [2.75, 3.05) is 6.61 Å². The summed E-state index contributed by atoms with van der Waals surface area (Å²) >= 11 is 0. The predicted octanol–water partition coefficient (Wildman–Crippen LogP) is 4.68. The fourth-order valence-electron chi connectivity index (χ4n) is 3.27. The lowest BCUT2D eigenvalue weighted by Crippen LogP contribution is -2.16. The van der Waals surface area contributed by atoms with Gasteiger partial charge in [-0.15, -0.1) is 0 Å². The third-order valence-electron chi connectivity index (χ3n) is 4.68. The van der Waals surface area contributed by atoms with Crippen molar-refractivity contribution >= 4 is 11.8 Å². The third kappa shape index (κ3) is 8.23. The van der Waals surface area contributed by atoms with Crippen molar-refractivity contribution in [2.45, 2.75) is 84.5 Å². The van der Waals surface area contributed by atoms with Gasteiger partial charge < -0.3 is 4.74 Å². The molecule has 1 aliphatic carbocycles. The van der Waals surface area contributed by atoms with Gasteiger partial charge in [-0.2, -0.15) is 0 Å². The van der Waals surface area contributed by atoms with Crippen LogP contribution in [0.2, 0.25) is 0 Å². The molecule has 3 heteroatoms. The molecule has 0 aliphatic heterocycles. The summed E-state index contributed by atoms with van der Waals surface area (Å²) in [6, 6.07) is 0. The molecule has 122 valence electrons. The summed E-state index contributed by atoms with van der Waals surface area (Å²) in [7, 11) is 0. The highest BCUT2D eigenvalue weighted by atomic mass is 16.5. The Balaban J connectivity index is 2.07. The van der Waals surface area contributed by atoms with Crippen molar-refractivity contribution in [1.29, 1.82) is 0 Å². The number of unbranched alkanes of at least 4 members (excludes halogenated alkanes) is 1. The Morgan fingerprint density at radius 2 is 1.52 bits per heavy atom. The zero-order valence-electron chi connectivity index (χ0n) is 13.9. The first kappa shape index (κ1) is 18.2. The van der Waals surface area contributed by atoms with Gasteiger partial charge in [0.05, 0.1) is 13.0 Å². The molecule has 1 saturated carbocycles. The van der Waals surface area contributed by atoms with E-state index in [9.17, 15) is 9.59 Å². The number of rotatable bonds is 10. The smallest absolute Gasteiger partial charge is 0.306 e. The standard InChI is InChI=1S/C18H32O3/c1-3-5-6-15-7-9-16(10-8-15)11-12-17(19)13-14-18(20)21-4-2/h15-16H,3-14H2,1-2H3. The van der Waals surface area contributed by atoms with E-state index in [2.05, 4.69) is 6.92 Å². The van der Waals surface area contributed by atoms with E-state index in [-0.39, 0.29) is 18.2 Å². The predicted molar refractivity (Wildman–Crippen MR) is 85.1 cm³/mol. The van der Waals surface area contributed by atoms with Gasteiger partial charge in [0.25, 0.3) is 0 Å². The summed E-state index contributed by atoms with van der Waals surface area (Å²) in [6.07, 6.45) is 11.6. The average Bonchev–Trinajstić information content (AvgIpc) is 2.50. The molecule has 1 fully saturated rings.